The number of esters is 1. The molecule has 0 radical (unpaired) electrons. The number of hydrogen-bond acceptors (Lipinski definition) is 4. The van der Waals surface area contributed by atoms with E-state index in [4.69, 9.17) is 4.74 Å². The van der Waals surface area contributed by atoms with Crippen LogP contribution in [0.2, 0.25) is 0 Å². The second-order valence-corrected chi connectivity index (χ2v) is 6.62. The van der Waals surface area contributed by atoms with Crippen molar-refractivity contribution in [1.29, 1.82) is 0 Å². The Balaban J connectivity index is 2.26. The predicted molar refractivity (Wildman–Crippen MR) is 83.4 cm³/mol. The molecule has 2 aliphatic rings. The van der Waals surface area contributed by atoms with Gasteiger partial charge >= 0.3 is 5.97 Å². The van der Waals surface area contributed by atoms with Gasteiger partial charge in [0.1, 0.15) is 0 Å². The van der Waals surface area contributed by atoms with E-state index in [-0.39, 0.29) is 12.0 Å². The van der Waals surface area contributed by atoms with Crippen molar-refractivity contribution in [3.8, 4) is 0 Å². The van der Waals surface area contributed by atoms with Crippen LogP contribution in [0.15, 0.2) is 30.3 Å². The summed E-state index contributed by atoms with van der Waals surface area (Å²) in [5.74, 6) is -1.97. The van der Waals surface area contributed by atoms with Crippen molar-refractivity contribution in [2.24, 2.45) is 10.8 Å². The predicted octanol–water partition coefficient (Wildman–Crippen LogP) is 1.95. The second kappa shape index (κ2) is 4.91. The Morgan fingerprint density at radius 1 is 1.22 bits per heavy atom. The topological polar surface area (TPSA) is 72.5 Å². The van der Waals surface area contributed by atoms with E-state index >= 15 is 0 Å². The van der Waals surface area contributed by atoms with E-state index in [1.807, 2.05) is 44.2 Å². The van der Waals surface area contributed by atoms with Crippen LogP contribution in [-0.2, 0) is 24.7 Å². The van der Waals surface area contributed by atoms with Crippen LogP contribution in [0.1, 0.15) is 39.2 Å². The highest BCUT2D eigenvalue weighted by Crippen LogP contribution is 2.71. The molecule has 0 spiro atoms. The quantitative estimate of drug-likeness (QED) is 0.524. The molecule has 0 bridgehead atoms. The molecule has 3 atom stereocenters. The van der Waals surface area contributed by atoms with E-state index in [1.165, 1.54) is 0 Å². The molecule has 1 amide bonds. The van der Waals surface area contributed by atoms with Gasteiger partial charge in [0, 0.05) is 0 Å². The highest BCUT2D eigenvalue weighted by atomic mass is 16.5. The van der Waals surface area contributed by atoms with Crippen molar-refractivity contribution in [2.75, 3.05) is 6.61 Å². The van der Waals surface area contributed by atoms with Crippen molar-refractivity contribution in [3.63, 3.8) is 0 Å². The molecule has 1 aliphatic carbocycles. The zero-order valence-corrected chi connectivity index (χ0v) is 13.6. The Morgan fingerprint density at radius 2 is 1.87 bits per heavy atom. The van der Waals surface area contributed by atoms with Gasteiger partial charge in [-0.1, -0.05) is 44.2 Å². The number of benzene rings is 1. The van der Waals surface area contributed by atoms with E-state index in [0.29, 0.717) is 6.42 Å². The number of amides is 1. The van der Waals surface area contributed by atoms with E-state index in [0.717, 1.165) is 12.0 Å². The van der Waals surface area contributed by atoms with Crippen LogP contribution in [-0.4, -0.2) is 24.3 Å². The molecule has 122 valence electrons. The number of nitrogens with one attached hydrogen (secondary N) is 1. The van der Waals surface area contributed by atoms with Crippen LogP contribution in [0, 0.1) is 10.8 Å². The van der Waals surface area contributed by atoms with Crippen LogP contribution < -0.4 is 5.32 Å². The molecule has 1 aliphatic heterocycles. The number of fused-ring (bicyclic) bond motifs is 1. The molecular formula is C18H21NO4. The van der Waals surface area contributed by atoms with Gasteiger partial charge in [-0.3, -0.25) is 14.4 Å². The van der Waals surface area contributed by atoms with Crippen molar-refractivity contribution < 1.29 is 19.1 Å². The molecular weight excluding hydrogens is 294 g/mol. The third kappa shape index (κ3) is 1.60. The van der Waals surface area contributed by atoms with Crippen LogP contribution >= 0.6 is 0 Å². The number of carbonyl (C=O) groups excluding carboxylic acids is 3. The maximum atomic E-state index is 12.7. The molecule has 5 heteroatoms. The lowest BCUT2D eigenvalue weighted by Crippen LogP contribution is -2.73. The zero-order valence-electron chi connectivity index (χ0n) is 13.6. The molecule has 23 heavy (non-hydrogen) atoms. The highest BCUT2D eigenvalue weighted by molar-refractivity contribution is 6.45. The maximum absolute atomic E-state index is 12.7. The first-order chi connectivity index (χ1) is 10.9. The number of ether oxygens (including phenoxy) is 1. The summed E-state index contributed by atoms with van der Waals surface area (Å²) < 4.78 is 5.20. The van der Waals surface area contributed by atoms with Gasteiger partial charge in [0.25, 0.3) is 5.91 Å². The first-order valence-electron chi connectivity index (χ1n) is 7.99. The summed E-state index contributed by atoms with van der Waals surface area (Å²) in [7, 11) is 0. The summed E-state index contributed by atoms with van der Waals surface area (Å²) in [6, 6.07) is 9.29. The lowest BCUT2D eigenvalue weighted by Gasteiger charge is -2.64. The van der Waals surface area contributed by atoms with E-state index in [9.17, 15) is 14.4 Å². The number of Topliss-reactive ketones (excluding diaryl/α,β-unsaturated/α-hetero) is 1. The van der Waals surface area contributed by atoms with E-state index in [1.54, 1.807) is 6.92 Å². The highest BCUT2D eigenvalue weighted by Gasteiger charge is 2.83. The zero-order chi connectivity index (χ0) is 16.9. The lowest BCUT2D eigenvalue weighted by atomic mass is 9.39. The summed E-state index contributed by atoms with van der Waals surface area (Å²) in [5, 5.41) is 2.87. The van der Waals surface area contributed by atoms with Crippen LogP contribution in [0.25, 0.3) is 0 Å². The summed E-state index contributed by atoms with van der Waals surface area (Å²) in [4.78, 5) is 37.7. The van der Waals surface area contributed by atoms with Crippen LogP contribution in [0.5, 0.6) is 0 Å². The third-order valence-electron chi connectivity index (χ3n) is 5.71. The fourth-order valence-electron chi connectivity index (χ4n) is 4.51. The molecule has 1 aromatic carbocycles. The Morgan fingerprint density at radius 3 is 2.43 bits per heavy atom. The number of hydrogen-bond donors (Lipinski definition) is 1. The van der Waals surface area contributed by atoms with Gasteiger partial charge in [0.15, 0.2) is 5.41 Å². The lowest BCUT2D eigenvalue weighted by molar-refractivity contribution is -0.196. The molecule has 1 aromatic rings. The normalized spacial score (nSPS) is 35.3. The fraction of sp³-hybridized carbons (Fsp3) is 0.500. The SMILES string of the molecule is CCOC(=O)[C@]12C[C@](C)(CC)[C@@]1(c1ccccc1)NC(=O)C2=O. The Bertz CT molecular complexity index is 686. The number of ketones is 1. The minimum absolute atomic E-state index is 0.176. The number of rotatable bonds is 4. The van der Waals surface area contributed by atoms with E-state index < -0.39 is 28.6 Å². The van der Waals surface area contributed by atoms with Gasteiger partial charge < -0.3 is 10.1 Å². The smallest absolute Gasteiger partial charge is 0.323 e. The molecule has 0 aromatic heterocycles. The van der Waals surface area contributed by atoms with Gasteiger partial charge in [0.05, 0.1) is 12.1 Å². The van der Waals surface area contributed by atoms with Crippen molar-refractivity contribution in [3.05, 3.63) is 35.9 Å². The molecule has 2 fully saturated rings. The standard InChI is InChI=1S/C18H21NO4/c1-4-16(3)11-17(15(22)23-5-2)13(20)14(21)19-18(16,17)12-9-7-6-8-10-12/h6-10H,4-5,11H2,1-3H3,(H,19,21)/t16-,17+,18+/m0/s1. The fourth-order valence-corrected chi connectivity index (χ4v) is 4.51. The molecule has 0 unspecified atom stereocenters. The van der Waals surface area contributed by atoms with E-state index in [2.05, 4.69) is 5.32 Å². The van der Waals surface area contributed by atoms with Gasteiger partial charge in [-0.05, 0) is 30.7 Å². The summed E-state index contributed by atoms with van der Waals surface area (Å²) >= 11 is 0. The maximum Gasteiger partial charge on any atom is 0.323 e. The number of carbonyl (C=O) groups is 3. The Kier molecular flexibility index (Phi) is 3.36. The van der Waals surface area contributed by atoms with Gasteiger partial charge in [-0.2, -0.15) is 0 Å². The first kappa shape index (κ1) is 15.7. The van der Waals surface area contributed by atoms with Crippen LogP contribution in [0.4, 0.5) is 0 Å². The first-order valence-corrected chi connectivity index (χ1v) is 7.99. The second-order valence-electron chi connectivity index (χ2n) is 6.62. The molecule has 1 saturated carbocycles. The summed E-state index contributed by atoms with van der Waals surface area (Å²) in [5.41, 5.74) is -2.09. The van der Waals surface area contributed by atoms with Gasteiger partial charge in [0.2, 0.25) is 5.78 Å². The average molecular weight is 315 g/mol. The van der Waals surface area contributed by atoms with Gasteiger partial charge in [-0.15, -0.1) is 0 Å². The molecule has 1 N–H and O–H groups in total. The van der Waals surface area contributed by atoms with Crippen molar-refractivity contribution >= 4 is 17.7 Å². The minimum atomic E-state index is -1.45. The summed E-state index contributed by atoms with van der Waals surface area (Å²) in [6.45, 7) is 5.89. The monoisotopic (exact) mass is 315 g/mol. The van der Waals surface area contributed by atoms with Crippen molar-refractivity contribution in [2.45, 2.75) is 39.2 Å². The minimum Gasteiger partial charge on any atom is -0.465 e. The Labute approximate surface area is 135 Å². The molecule has 5 nitrogen and oxygen atoms in total. The Hall–Kier alpha value is -2.17. The average Bonchev–Trinajstić information content (AvgIpc) is 2.75. The largest absolute Gasteiger partial charge is 0.465 e. The summed E-state index contributed by atoms with van der Waals surface area (Å²) in [6.07, 6.45) is 1.05. The van der Waals surface area contributed by atoms with Crippen molar-refractivity contribution in [1.82, 2.24) is 5.32 Å². The molecule has 1 heterocycles. The van der Waals surface area contributed by atoms with Crippen LogP contribution in [0.3, 0.4) is 0 Å². The van der Waals surface area contributed by atoms with Gasteiger partial charge in [-0.25, -0.2) is 0 Å². The third-order valence-corrected chi connectivity index (χ3v) is 5.71. The molecule has 3 rings (SSSR count). The molecule has 1 saturated heterocycles.